The normalized spacial score (nSPS) is 11.1. The largest absolute Gasteiger partial charge is 0.469 e. The number of ether oxygens (including phenoxy) is 1. The molecule has 0 saturated carbocycles. The third-order valence-corrected chi connectivity index (χ3v) is 4.57. The fraction of sp³-hybridized carbons (Fsp3) is 0.118. The van der Waals surface area contributed by atoms with Gasteiger partial charge in [-0.2, -0.15) is 0 Å². The van der Waals surface area contributed by atoms with Crippen LogP contribution in [-0.2, 0) is 6.61 Å². The minimum absolute atomic E-state index is 0.204. The lowest BCUT2D eigenvalue weighted by Crippen LogP contribution is -1.97. The van der Waals surface area contributed by atoms with Crippen LogP contribution in [0.1, 0.15) is 11.3 Å². The van der Waals surface area contributed by atoms with E-state index in [0.717, 1.165) is 21.3 Å². The molecule has 0 atom stereocenters. The lowest BCUT2D eigenvalue weighted by molar-refractivity contribution is 0.244. The molecule has 3 aromatic heterocycles. The standard InChI is InChI=1S/C17H12FN3O2S/c1-10-8-24-17-15(10)16(19-9-20-17)22-7-13-6-14(21-23-13)11-2-4-12(18)5-3-11/h2-6,8-9H,7H2,1H3. The van der Waals surface area contributed by atoms with Crippen molar-refractivity contribution in [2.24, 2.45) is 0 Å². The second-order valence-corrected chi connectivity index (χ2v) is 6.11. The molecule has 120 valence electrons. The van der Waals surface area contributed by atoms with Gasteiger partial charge in [-0.05, 0) is 42.1 Å². The average molecular weight is 341 g/mol. The van der Waals surface area contributed by atoms with Crippen LogP contribution in [0, 0.1) is 12.7 Å². The van der Waals surface area contributed by atoms with Crippen LogP contribution in [-0.4, -0.2) is 15.1 Å². The van der Waals surface area contributed by atoms with Crippen molar-refractivity contribution in [3.8, 4) is 17.1 Å². The van der Waals surface area contributed by atoms with Crippen molar-refractivity contribution < 1.29 is 13.7 Å². The molecular formula is C17H12FN3O2S. The second kappa shape index (κ2) is 6.01. The van der Waals surface area contributed by atoms with Gasteiger partial charge in [0.2, 0.25) is 5.88 Å². The molecule has 0 spiro atoms. The van der Waals surface area contributed by atoms with Gasteiger partial charge < -0.3 is 9.26 Å². The average Bonchev–Trinajstić information content (AvgIpc) is 3.21. The van der Waals surface area contributed by atoms with Crippen molar-refractivity contribution in [2.75, 3.05) is 0 Å². The van der Waals surface area contributed by atoms with Gasteiger partial charge in [-0.1, -0.05) is 5.16 Å². The van der Waals surface area contributed by atoms with Crippen LogP contribution >= 0.6 is 11.3 Å². The number of hydrogen-bond acceptors (Lipinski definition) is 6. The van der Waals surface area contributed by atoms with Crippen LogP contribution < -0.4 is 4.74 Å². The van der Waals surface area contributed by atoms with Gasteiger partial charge in [0.15, 0.2) is 12.4 Å². The zero-order valence-corrected chi connectivity index (χ0v) is 13.5. The molecule has 5 nitrogen and oxygen atoms in total. The van der Waals surface area contributed by atoms with E-state index in [1.807, 2.05) is 12.3 Å². The number of fused-ring (bicyclic) bond motifs is 1. The lowest BCUT2D eigenvalue weighted by Gasteiger charge is -2.04. The van der Waals surface area contributed by atoms with Crippen molar-refractivity contribution >= 4 is 21.6 Å². The molecule has 0 N–H and O–H groups in total. The van der Waals surface area contributed by atoms with Gasteiger partial charge in [0.1, 0.15) is 22.7 Å². The molecule has 0 radical (unpaired) electrons. The van der Waals surface area contributed by atoms with Crippen LogP contribution in [0.2, 0.25) is 0 Å². The first-order chi connectivity index (χ1) is 11.7. The SMILES string of the molecule is Cc1csc2ncnc(OCc3cc(-c4ccc(F)cc4)no3)c12. The van der Waals surface area contributed by atoms with Crippen LogP contribution in [0.5, 0.6) is 5.88 Å². The number of benzene rings is 1. The van der Waals surface area contributed by atoms with Gasteiger partial charge in [0.25, 0.3) is 0 Å². The highest BCUT2D eigenvalue weighted by molar-refractivity contribution is 7.17. The summed E-state index contributed by atoms with van der Waals surface area (Å²) in [6, 6.07) is 7.85. The van der Waals surface area contributed by atoms with Gasteiger partial charge in [0, 0.05) is 11.6 Å². The van der Waals surface area contributed by atoms with Crippen molar-refractivity contribution in [3.05, 3.63) is 59.2 Å². The summed E-state index contributed by atoms with van der Waals surface area (Å²) >= 11 is 1.55. The summed E-state index contributed by atoms with van der Waals surface area (Å²) in [5, 5.41) is 6.93. The Balaban J connectivity index is 1.54. The minimum atomic E-state index is -0.287. The quantitative estimate of drug-likeness (QED) is 0.551. The van der Waals surface area contributed by atoms with E-state index in [1.54, 1.807) is 29.5 Å². The van der Waals surface area contributed by atoms with Crippen LogP contribution in [0.15, 0.2) is 46.6 Å². The molecule has 24 heavy (non-hydrogen) atoms. The maximum absolute atomic E-state index is 13.0. The lowest BCUT2D eigenvalue weighted by atomic mass is 10.1. The van der Waals surface area contributed by atoms with Crippen LogP contribution in [0.25, 0.3) is 21.5 Å². The van der Waals surface area contributed by atoms with E-state index >= 15 is 0 Å². The number of rotatable bonds is 4. The predicted octanol–water partition coefficient (Wildman–Crippen LogP) is 4.37. The summed E-state index contributed by atoms with van der Waals surface area (Å²) in [4.78, 5) is 9.32. The van der Waals surface area contributed by atoms with Crippen molar-refractivity contribution in [2.45, 2.75) is 13.5 Å². The van der Waals surface area contributed by atoms with Gasteiger partial charge in [0.05, 0.1) is 5.39 Å². The monoisotopic (exact) mass is 341 g/mol. The number of aromatic nitrogens is 3. The minimum Gasteiger partial charge on any atom is -0.469 e. The molecule has 4 aromatic rings. The van der Waals surface area contributed by atoms with E-state index in [1.165, 1.54) is 18.5 Å². The smallest absolute Gasteiger partial charge is 0.226 e. The Morgan fingerprint density at radius 3 is 2.88 bits per heavy atom. The Morgan fingerprint density at radius 2 is 2.04 bits per heavy atom. The topological polar surface area (TPSA) is 61.0 Å². The summed E-state index contributed by atoms with van der Waals surface area (Å²) in [6.45, 7) is 2.20. The third-order valence-electron chi connectivity index (χ3n) is 3.57. The molecule has 0 bridgehead atoms. The molecule has 4 rings (SSSR count). The molecule has 0 aliphatic carbocycles. The zero-order chi connectivity index (χ0) is 16.5. The fourth-order valence-corrected chi connectivity index (χ4v) is 3.25. The molecule has 0 unspecified atom stereocenters. The zero-order valence-electron chi connectivity index (χ0n) is 12.7. The molecular weight excluding hydrogens is 329 g/mol. The summed E-state index contributed by atoms with van der Waals surface area (Å²) in [5.41, 5.74) is 2.49. The summed E-state index contributed by atoms with van der Waals surface area (Å²) in [5.74, 6) is 0.803. The molecule has 7 heteroatoms. The van der Waals surface area contributed by atoms with Gasteiger partial charge in [-0.25, -0.2) is 14.4 Å². The van der Waals surface area contributed by atoms with Gasteiger partial charge >= 0.3 is 0 Å². The van der Waals surface area contributed by atoms with E-state index in [2.05, 4.69) is 15.1 Å². The number of nitrogens with zero attached hydrogens (tertiary/aromatic N) is 3. The Bertz CT molecular complexity index is 995. The molecule has 0 saturated heterocycles. The number of hydrogen-bond donors (Lipinski definition) is 0. The van der Waals surface area contributed by atoms with E-state index in [-0.39, 0.29) is 12.4 Å². The Labute approximate surface area is 140 Å². The molecule has 0 fully saturated rings. The van der Waals surface area contributed by atoms with Crippen LogP contribution in [0.3, 0.4) is 0 Å². The predicted molar refractivity (Wildman–Crippen MR) is 88.4 cm³/mol. The fourth-order valence-electron chi connectivity index (χ4n) is 2.37. The van der Waals surface area contributed by atoms with Crippen LogP contribution in [0.4, 0.5) is 4.39 Å². The maximum atomic E-state index is 13.0. The maximum Gasteiger partial charge on any atom is 0.226 e. The second-order valence-electron chi connectivity index (χ2n) is 5.25. The van der Waals surface area contributed by atoms with Crippen molar-refractivity contribution in [3.63, 3.8) is 0 Å². The number of aryl methyl sites for hydroxylation is 1. The van der Waals surface area contributed by atoms with Crippen molar-refractivity contribution in [1.29, 1.82) is 0 Å². The first-order valence-electron chi connectivity index (χ1n) is 7.24. The van der Waals surface area contributed by atoms with Gasteiger partial charge in [-0.3, -0.25) is 0 Å². The molecule has 3 heterocycles. The van der Waals surface area contributed by atoms with E-state index < -0.39 is 0 Å². The summed E-state index contributed by atoms with van der Waals surface area (Å²) in [7, 11) is 0. The molecule has 0 aliphatic heterocycles. The summed E-state index contributed by atoms with van der Waals surface area (Å²) < 4.78 is 24.0. The van der Waals surface area contributed by atoms with Gasteiger partial charge in [-0.15, -0.1) is 11.3 Å². The molecule has 1 aromatic carbocycles. The highest BCUT2D eigenvalue weighted by Crippen LogP contribution is 2.30. The highest BCUT2D eigenvalue weighted by atomic mass is 32.1. The highest BCUT2D eigenvalue weighted by Gasteiger charge is 2.12. The first-order valence-corrected chi connectivity index (χ1v) is 8.12. The van der Waals surface area contributed by atoms with E-state index in [4.69, 9.17) is 9.26 Å². The first kappa shape index (κ1) is 14.8. The van der Waals surface area contributed by atoms with Crippen molar-refractivity contribution in [1.82, 2.24) is 15.1 Å². The Kier molecular flexibility index (Phi) is 3.70. The number of thiophene rings is 1. The Hall–Kier alpha value is -2.80. The summed E-state index contributed by atoms with van der Waals surface area (Å²) in [6.07, 6.45) is 1.48. The number of halogens is 1. The van der Waals surface area contributed by atoms with E-state index in [0.29, 0.717) is 17.3 Å². The third kappa shape index (κ3) is 2.74. The Morgan fingerprint density at radius 1 is 1.21 bits per heavy atom. The van der Waals surface area contributed by atoms with E-state index in [9.17, 15) is 4.39 Å². The molecule has 0 aliphatic rings. The molecule has 0 amide bonds.